The van der Waals surface area contributed by atoms with Crippen LogP contribution in [0.4, 0.5) is 0 Å². The highest BCUT2D eigenvalue weighted by atomic mass is 16.5. The SMILES string of the molecule is CCN(CC)CCCN1C(=O)C(=O)C(=C(O)c2ccc3c(c2)C[C@H](C)O3)[C@@H]1c1ccc(C(C)(C)C)cc1. The number of rotatable bonds is 8. The number of benzene rings is 2. The molecule has 0 aromatic heterocycles. The van der Waals surface area contributed by atoms with E-state index < -0.39 is 17.7 Å². The molecule has 6 nitrogen and oxygen atoms in total. The fourth-order valence-corrected chi connectivity index (χ4v) is 5.35. The minimum absolute atomic E-state index is 0.0201. The first kappa shape index (κ1) is 26.9. The minimum atomic E-state index is -0.630. The fraction of sp³-hybridized carbons (Fsp3) is 0.484. The summed E-state index contributed by atoms with van der Waals surface area (Å²) in [5.74, 6) is -0.508. The summed E-state index contributed by atoms with van der Waals surface area (Å²) in [6, 6.07) is 12.9. The molecule has 37 heavy (non-hydrogen) atoms. The van der Waals surface area contributed by atoms with Crippen molar-refractivity contribution in [1.82, 2.24) is 9.80 Å². The van der Waals surface area contributed by atoms with Crippen LogP contribution < -0.4 is 4.74 Å². The van der Waals surface area contributed by atoms with E-state index in [9.17, 15) is 14.7 Å². The average molecular weight is 505 g/mol. The van der Waals surface area contributed by atoms with Crippen LogP contribution in [0.5, 0.6) is 5.75 Å². The van der Waals surface area contributed by atoms with Gasteiger partial charge in [0, 0.05) is 18.5 Å². The summed E-state index contributed by atoms with van der Waals surface area (Å²) < 4.78 is 5.80. The number of amides is 1. The Labute approximate surface area is 220 Å². The van der Waals surface area contributed by atoms with Crippen molar-refractivity contribution in [1.29, 1.82) is 0 Å². The Morgan fingerprint density at radius 1 is 1.08 bits per heavy atom. The van der Waals surface area contributed by atoms with Gasteiger partial charge in [-0.25, -0.2) is 0 Å². The van der Waals surface area contributed by atoms with Gasteiger partial charge in [-0.15, -0.1) is 0 Å². The second-order valence-electron chi connectivity index (χ2n) is 11.2. The van der Waals surface area contributed by atoms with Gasteiger partial charge in [0.05, 0.1) is 11.6 Å². The molecule has 4 rings (SSSR count). The molecule has 0 spiro atoms. The van der Waals surface area contributed by atoms with E-state index in [1.54, 1.807) is 11.0 Å². The summed E-state index contributed by atoms with van der Waals surface area (Å²) in [4.78, 5) is 30.6. The summed E-state index contributed by atoms with van der Waals surface area (Å²) in [6.07, 6.45) is 1.57. The molecule has 0 bridgehead atoms. The van der Waals surface area contributed by atoms with Crippen molar-refractivity contribution in [2.24, 2.45) is 0 Å². The van der Waals surface area contributed by atoms with Gasteiger partial charge in [0.25, 0.3) is 11.7 Å². The Morgan fingerprint density at radius 2 is 1.76 bits per heavy atom. The number of Topliss-reactive ketones (excluding diaryl/α,β-unsaturated/α-hetero) is 1. The standard InChI is InChI=1S/C31H40N2O4/c1-7-32(8-2)16-9-17-33-27(21-10-13-24(14-11-21)31(4,5)6)26(29(35)30(33)36)28(34)22-12-15-25-23(19-22)18-20(3)37-25/h10-15,19-20,27,34H,7-9,16-18H2,1-6H3/t20-,27-/m0/s1. The zero-order valence-corrected chi connectivity index (χ0v) is 23.0. The Kier molecular flexibility index (Phi) is 7.79. The van der Waals surface area contributed by atoms with Crippen molar-refractivity contribution in [2.45, 2.75) is 71.9 Å². The Bertz CT molecular complexity index is 1190. The molecule has 1 amide bonds. The van der Waals surface area contributed by atoms with E-state index in [0.717, 1.165) is 49.4 Å². The van der Waals surface area contributed by atoms with Gasteiger partial charge in [0.15, 0.2) is 0 Å². The van der Waals surface area contributed by atoms with Gasteiger partial charge < -0.3 is 19.6 Å². The molecule has 2 aromatic rings. The number of hydrogen-bond donors (Lipinski definition) is 1. The molecule has 1 saturated heterocycles. The van der Waals surface area contributed by atoms with Crippen LogP contribution in [0.1, 0.15) is 76.3 Å². The van der Waals surface area contributed by atoms with Gasteiger partial charge in [0.1, 0.15) is 17.6 Å². The molecule has 2 aromatic carbocycles. The Balaban J connectivity index is 1.75. The molecule has 198 valence electrons. The number of nitrogens with zero attached hydrogens (tertiary/aromatic N) is 2. The molecule has 0 unspecified atom stereocenters. The lowest BCUT2D eigenvalue weighted by atomic mass is 9.85. The minimum Gasteiger partial charge on any atom is -0.507 e. The Morgan fingerprint density at radius 3 is 2.38 bits per heavy atom. The average Bonchev–Trinajstić information content (AvgIpc) is 3.36. The van der Waals surface area contributed by atoms with E-state index in [-0.39, 0.29) is 22.9 Å². The van der Waals surface area contributed by atoms with E-state index in [1.807, 2.05) is 31.2 Å². The van der Waals surface area contributed by atoms with Crippen LogP contribution in [0, 0.1) is 0 Å². The highest BCUT2D eigenvalue weighted by Gasteiger charge is 2.46. The normalized spacial score (nSPS) is 21.0. The van der Waals surface area contributed by atoms with Gasteiger partial charge in [-0.3, -0.25) is 9.59 Å². The first-order valence-electron chi connectivity index (χ1n) is 13.5. The molecule has 1 fully saturated rings. The number of aliphatic hydroxyl groups is 1. The second kappa shape index (κ2) is 10.7. The van der Waals surface area contributed by atoms with Crippen molar-refractivity contribution >= 4 is 17.4 Å². The lowest BCUT2D eigenvalue weighted by Crippen LogP contribution is -2.33. The summed E-state index contributed by atoms with van der Waals surface area (Å²) in [7, 11) is 0. The molecule has 0 radical (unpaired) electrons. The van der Waals surface area contributed by atoms with Crippen molar-refractivity contribution < 1.29 is 19.4 Å². The van der Waals surface area contributed by atoms with E-state index in [4.69, 9.17) is 4.74 Å². The van der Waals surface area contributed by atoms with E-state index >= 15 is 0 Å². The van der Waals surface area contributed by atoms with Crippen LogP contribution in [-0.4, -0.2) is 58.9 Å². The topological polar surface area (TPSA) is 70.1 Å². The van der Waals surface area contributed by atoms with Crippen molar-refractivity contribution in [2.75, 3.05) is 26.2 Å². The lowest BCUT2D eigenvalue weighted by molar-refractivity contribution is -0.140. The molecule has 2 aliphatic heterocycles. The number of hydrogen-bond acceptors (Lipinski definition) is 5. The highest BCUT2D eigenvalue weighted by molar-refractivity contribution is 6.46. The zero-order chi connectivity index (χ0) is 26.9. The molecular weight excluding hydrogens is 464 g/mol. The molecule has 1 N–H and O–H groups in total. The van der Waals surface area contributed by atoms with Gasteiger partial charge in [-0.1, -0.05) is 58.9 Å². The van der Waals surface area contributed by atoms with E-state index in [1.165, 1.54) is 5.56 Å². The largest absolute Gasteiger partial charge is 0.507 e. The molecule has 0 saturated carbocycles. The second-order valence-corrected chi connectivity index (χ2v) is 11.2. The van der Waals surface area contributed by atoms with Crippen molar-refractivity contribution in [3.8, 4) is 5.75 Å². The smallest absolute Gasteiger partial charge is 0.295 e. The van der Waals surface area contributed by atoms with Crippen LogP contribution in [-0.2, 0) is 21.4 Å². The summed E-state index contributed by atoms with van der Waals surface area (Å²) in [5.41, 5.74) is 3.67. The van der Waals surface area contributed by atoms with Gasteiger partial charge in [-0.05, 0) is 73.3 Å². The molecule has 6 heteroatoms. The number of carbonyl (C=O) groups excluding carboxylic acids is 2. The fourth-order valence-electron chi connectivity index (χ4n) is 5.35. The lowest BCUT2D eigenvalue weighted by Gasteiger charge is -2.27. The number of likely N-dealkylation sites (tertiary alicyclic amines) is 1. The van der Waals surface area contributed by atoms with Crippen LogP contribution >= 0.6 is 0 Å². The molecule has 2 atom stereocenters. The zero-order valence-electron chi connectivity index (χ0n) is 23.0. The Hall–Kier alpha value is -3.12. The molecule has 2 heterocycles. The van der Waals surface area contributed by atoms with Gasteiger partial charge in [0.2, 0.25) is 0 Å². The van der Waals surface area contributed by atoms with E-state index in [0.29, 0.717) is 12.1 Å². The first-order chi connectivity index (χ1) is 17.5. The van der Waals surface area contributed by atoms with Crippen LogP contribution in [0.3, 0.4) is 0 Å². The predicted octanol–water partition coefficient (Wildman–Crippen LogP) is 5.46. The molecular formula is C31H40N2O4. The van der Waals surface area contributed by atoms with Gasteiger partial charge >= 0.3 is 0 Å². The third-order valence-electron chi connectivity index (χ3n) is 7.57. The van der Waals surface area contributed by atoms with Crippen LogP contribution in [0.15, 0.2) is 48.0 Å². The first-order valence-corrected chi connectivity index (χ1v) is 13.5. The summed E-state index contributed by atoms with van der Waals surface area (Å²) in [5, 5.41) is 11.5. The third kappa shape index (κ3) is 5.45. The monoisotopic (exact) mass is 504 g/mol. The maximum Gasteiger partial charge on any atom is 0.295 e. The van der Waals surface area contributed by atoms with Gasteiger partial charge in [-0.2, -0.15) is 0 Å². The summed E-state index contributed by atoms with van der Waals surface area (Å²) in [6.45, 7) is 15.9. The number of aliphatic hydroxyl groups excluding tert-OH is 1. The predicted molar refractivity (Wildman–Crippen MR) is 147 cm³/mol. The quantitative estimate of drug-likeness (QED) is 0.294. The number of fused-ring (bicyclic) bond motifs is 1. The third-order valence-corrected chi connectivity index (χ3v) is 7.57. The van der Waals surface area contributed by atoms with Crippen molar-refractivity contribution in [3.63, 3.8) is 0 Å². The van der Waals surface area contributed by atoms with E-state index in [2.05, 4.69) is 51.7 Å². The number of ketones is 1. The molecule has 2 aliphatic rings. The maximum atomic E-state index is 13.4. The number of ether oxygens (including phenoxy) is 1. The highest BCUT2D eigenvalue weighted by Crippen LogP contribution is 2.41. The maximum absolute atomic E-state index is 13.4. The van der Waals surface area contributed by atoms with Crippen LogP contribution in [0.2, 0.25) is 0 Å². The number of carbonyl (C=O) groups is 2. The van der Waals surface area contributed by atoms with Crippen molar-refractivity contribution in [3.05, 3.63) is 70.3 Å². The molecule has 0 aliphatic carbocycles. The summed E-state index contributed by atoms with van der Waals surface area (Å²) >= 11 is 0. The van der Waals surface area contributed by atoms with Crippen LogP contribution in [0.25, 0.3) is 5.76 Å².